The van der Waals surface area contributed by atoms with Crippen LogP contribution in [-0.4, -0.2) is 20.0 Å². The number of aryl methyl sites for hydroxylation is 1. The molecule has 0 unspecified atom stereocenters. The van der Waals surface area contributed by atoms with Crippen LogP contribution in [0.3, 0.4) is 0 Å². The van der Waals surface area contributed by atoms with Crippen LogP contribution in [-0.2, 0) is 0 Å². The minimum absolute atomic E-state index is 0.0235. The van der Waals surface area contributed by atoms with Crippen LogP contribution in [0.5, 0.6) is 5.75 Å². The van der Waals surface area contributed by atoms with Gasteiger partial charge in [-0.25, -0.2) is 9.97 Å². The summed E-state index contributed by atoms with van der Waals surface area (Å²) >= 11 is 0. The number of hydrogen-bond donors (Lipinski definition) is 2. The largest absolute Gasteiger partial charge is 0.505 e. The second-order valence-electron chi connectivity index (χ2n) is 6.67. The van der Waals surface area contributed by atoms with Gasteiger partial charge in [0.2, 0.25) is 0 Å². The summed E-state index contributed by atoms with van der Waals surface area (Å²) in [6, 6.07) is 18.7. The highest BCUT2D eigenvalue weighted by molar-refractivity contribution is 5.86. The molecule has 4 aromatic rings. The van der Waals surface area contributed by atoms with E-state index in [1.807, 2.05) is 31.2 Å². The average molecular weight is 386 g/mol. The van der Waals surface area contributed by atoms with Crippen molar-refractivity contribution in [1.29, 1.82) is 0 Å². The van der Waals surface area contributed by atoms with Gasteiger partial charge in [0.15, 0.2) is 0 Å². The van der Waals surface area contributed by atoms with E-state index < -0.39 is 11.0 Å². The predicted molar refractivity (Wildman–Crippen MR) is 111 cm³/mol. The first-order valence-electron chi connectivity index (χ1n) is 9.04. The molecule has 0 saturated carbocycles. The third-order valence-corrected chi connectivity index (χ3v) is 4.69. The summed E-state index contributed by atoms with van der Waals surface area (Å²) in [6.45, 7) is 1.86. The maximum Gasteiger partial charge on any atom is 0.269 e. The smallest absolute Gasteiger partial charge is 0.269 e. The van der Waals surface area contributed by atoms with Crippen LogP contribution in [0.2, 0.25) is 0 Å². The fraction of sp³-hybridized carbons (Fsp3) is 0.0909. The van der Waals surface area contributed by atoms with Crippen LogP contribution in [0.15, 0.2) is 72.9 Å². The van der Waals surface area contributed by atoms with Crippen molar-refractivity contribution in [2.45, 2.75) is 13.0 Å². The highest BCUT2D eigenvalue weighted by Gasteiger charge is 2.22. The molecule has 0 aliphatic rings. The lowest BCUT2D eigenvalue weighted by molar-refractivity contribution is -0.384. The van der Waals surface area contributed by atoms with Gasteiger partial charge in [0, 0.05) is 35.0 Å². The van der Waals surface area contributed by atoms with Crippen LogP contribution < -0.4 is 5.32 Å². The van der Waals surface area contributed by atoms with Gasteiger partial charge in [0.05, 0.1) is 11.0 Å². The van der Waals surface area contributed by atoms with Crippen molar-refractivity contribution in [2.75, 3.05) is 5.32 Å². The van der Waals surface area contributed by atoms with Gasteiger partial charge in [0.25, 0.3) is 5.69 Å². The minimum atomic E-state index is -0.559. The number of pyridine rings is 2. The quantitative estimate of drug-likeness (QED) is 0.379. The van der Waals surface area contributed by atoms with Crippen LogP contribution in [0.1, 0.15) is 22.9 Å². The molecule has 0 amide bonds. The standard InChI is InChI=1S/C22H18N4O3/c1-14-8-9-15-10-11-18(22(27)21(15)24-14)20(25-19-7-2-3-12-23-19)16-5-4-6-17(13-16)26(28)29/h2-13,20,27H,1H3,(H,23,25)/t20-/m0/s1. The molecule has 0 radical (unpaired) electrons. The third kappa shape index (κ3) is 3.70. The Labute approximate surface area is 166 Å². The molecule has 4 rings (SSSR count). The third-order valence-electron chi connectivity index (χ3n) is 4.69. The molecule has 2 heterocycles. The molecule has 0 bridgehead atoms. The summed E-state index contributed by atoms with van der Waals surface area (Å²) in [5.74, 6) is 0.617. The summed E-state index contributed by atoms with van der Waals surface area (Å²) in [5, 5.41) is 26.4. The van der Waals surface area contributed by atoms with Crippen molar-refractivity contribution in [3.8, 4) is 5.75 Å². The Balaban J connectivity index is 1.88. The molecule has 0 saturated heterocycles. The SMILES string of the molecule is Cc1ccc2ccc([C@@H](Nc3ccccn3)c3cccc([N+](=O)[O-])c3)c(O)c2n1. The van der Waals surface area contributed by atoms with E-state index in [1.54, 1.807) is 36.5 Å². The molecular formula is C22H18N4O3. The molecule has 0 spiro atoms. The van der Waals surface area contributed by atoms with Crippen molar-refractivity contribution in [1.82, 2.24) is 9.97 Å². The molecule has 2 N–H and O–H groups in total. The van der Waals surface area contributed by atoms with Gasteiger partial charge in [-0.15, -0.1) is 0 Å². The van der Waals surface area contributed by atoms with Gasteiger partial charge in [-0.2, -0.15) is 0 Å². The molecule has 0 fully saturated rings. The number of anilines is 1. The van der Waals surface area contributed by atoms with Crippen molar-refractivity contribution in [3.63, 3.8) is 0 Å². The molecule has 7 nitrogen and oxygen atoms in total. The number of phenols is 1. The summed E-state index contributed by atoms with van der Waals surface area (Å²) in [7, 11) is 0. The van der Waals surface area contributed by atoms with Crippen LogP contribution in [0.4, 0.5) is 11.5 Å². The Morgan fingerprint density at radius 1 is 1.07 bits per heavy atom. The number of nitro benzene ring substituents is 1. The summed E-state index contributed by atoms with van der Waals surface area (Å²) < 4.78 is 0. The first kappa shape index (κ1) is 18.4. The van der Waals surface area contributed by atoms with Crippen molar-refractivity contribution < 1.29 is 10.0 Å². The van der Waals surface area contributed by atoms with E-state index in [2.05, 4.69) is 15.3 Å². The maximum atomic E-state index is 11.3. The number of hydrogen-bond acceptors (Lipinski definition) is 6. The zero-order valence-corrected chi connectivity index (χ0v) is 15.6. The molecule has 1 atom stereocenters. The minimum Gasteiger partial charge on any atom is -0.505 e. The van der Waals surface area contributed by atoms with E-state index in [0.717, 1.165) is 11.1 Å². The first-order valence-corrected chi connectivity index (χ1v) is 9.04. The fourth-order valence-corrected chi connectivity index (χ4v) is 3.27. The molecule has 7 heteroatoms. The number of rotatable bonds is 5. The second kappa shape index (κ2) is 7.55. The number of phenolic OH excluding ortho intramolecular Hbond substituents is 1. The second-order valence-corrected chi connectivity index (χ2v) is 6.67. The average Bonchev–Trinajstić information content (AvgIpc) is 2.74. The number of nitrogens with zero attached hydrogens (tertiary/aromatic N) is 3. The van der Waals surface area contributed by atoms with Crippen molar-refractivity contribution in [2.24, 2.45) is 0 Å². The Kier molecular flexibility index (Phi) is 4.78. The number of aromatic hydroxyl groups is 1. The number of non-ortho nitro benzene ring substituents is 1. The van der Waals surface area contributed by atoms with Crippen LogP contribution in [0.25, 0.3) is 10.9 Å². The summed E-state index contributed by atoms with van der Waals surface area (Å²) in [4.78, 5) is 19.6. The predicted octanol–water partition coefficient (Wildman–Crippen LogP) is 4.75. The van der Waals surface area contributed by atoms with E-state index in [9.17, 15) is 15.2 Å². The van der Waals surface area contributed by atoms with Gasteiger partial charge >= 0.3 is 0 Å². The Hall–Kier alpha value is -4.00. The lowest BCUT2D eigenvalue weighted by Crippen LogP contribution is -2.14. The molecule has 144 valence electrons. The van der Waals surface area contributed by atoms with E-state index in [4.69, 9.17) is 0 Å². The highest BCUT2D eigenvalue weighted by Crippen LogP contribution is 2.37. The normalized spacial score (nSPS) is 11.9. The Bertz CT molecular complexity index is 1200. The monoisotopic (exact) mass is 386 g/mol. The lowest BCUT2D eigenvalue weighted by atomic mass is 9.95. The van der Waals surface area contributed by atoms with Gasteiger partial charge < -0.3 is 10.4 Å². The highest BCUT2D eigenvalue weighted by atomic mass is 16.6. The molecule has 2 aromatic heterocycles. The van der Waals surface area contributed by atoms with Crippen LogP contribution >= 0.6 is 0 Å². The van der Waals surface area contributed by atoms with Crippen molar-refractivity contribution >= 4 is 22.4 Å². The number of nitro groups is 1. The van der Waals surface area contributed by atoms with Gasteiger partial charge in [-0.3, -0.25) is 10.1 Å². The Morgan fingerprint density at radius 3 is 2.66 bits per heavy atom. The maximum absolute atomic E-state index is 11.3. The zero-order chi connectivity index (χ0) is 20.4. The van der Waals surface area contributed by atoms with E-state index in [-0.39, 0.29) is 11.4 Å². The van der Waals surface area contributed by atoms with E-state index >= 15 is 0 Å². The van der Waals surface area contributed by atoms with Gasteiger partial charge in [-0.05, 0) is 30.7 Å². The summed E-state index contributed by atoms with van der Waals surface area (Å²) in [5.41, 5.74) is 2.44. The Morgan fingerprint density at radius 2 is 1.90 bits per heavy atom. The zero-order valence-electron chi connectivity index (χ0n) is 15.6. The van der Waals surface area contributed by atoms with Gasteiger partial charge in [-0.1, -0.05) is 36.4 Å². The summed E-state index contributed by atoms with van der Waals surface area (Å²) in [6.07, 6.45) is 1.65. The number of nitrogens with one attached hydrogen (secondary N) is 1. The van der Waals surface area contributed by atoms with E-state index in [0.29, 0.717) is 22.5 Å². The molecule has 29 heavy (non-hydrogen) atoms. The molecule has 0 aliphatic heterocycles. The first-order chi connectivity index (χ1) is 14.0. The number of aromatic nitrogens is 2. The fourth-order valence-electron chi connectivity index (χ4n) is 3.27. The van der Waals surface area contributed by atoms with Crippen LogP contribution in [0, 0.1) is 17.0 Å². The lowest BCUT2D eigenvalue weighted by Gasteiger charge is -2.22. The van der Waals surface area contributed by atoms with Gasteiger partial charge in [0.1, 0.15) is 17.1 Å². The molecule has 2 aromatic carbocycles. The van der Waals surface area contributed by atoms with Crippen molar-refractivity contribution in [3.05, 3.63) is 99.9 Å². The number of benzene rings is 2. The van der Waals surface area contributed by atoms with E-state index in [1.165, 1.54) is 12.1 Å². The molecular weight excluding hydrogens is 368 g/mol. The topological polar surface area (TPSA) is 101 Å². The number of fused-ring (bicyclic) bond motifs is 1. The molecule has 0 aliphatic carbocycles.